The summed E-state index contributed by atoms with van der Waals surface area (Å²) in [5.74, 6) is 2.74. The molecule has 0 amide bonds. The molecule has 3 aliphatic rings. The number of hydrogen-bond acceptors (Lipinski definition) is 9. The van der Waals surface area contributed by atoms with Crippen LogP contribution in [0.2, 0.25) is 0 Å². The number of rotatable bonds is 7. The average molecular weight is 535 g/mol. The number of aliphatic imine (C=N–C) groups is 1. The van der Waals surface area contributed by atoms with Crippen molar-refractivity contribution in [2.45, 2.75) is 17.4 Å². The zero-order chi connectivity index (χ0) is 26.1. The Labute approximate surface area is 220 Å². The third kappa shape index (κ3) is 5.02. The smallest absolute Gasteiger partial charge is 0.238 e. The molecule has 3 aromatic carbocycles. The third-order valence-corrected chi connectivity index (χ3v) is 7.42. The molecule has 1 atom stereocenters. The van der Waals surface area contributed by atoms with E-state index in [0.717, 1.165) is 22.5 Å². The molecule has 1 unspecified atom stereocenters. The lowest BCUT2D eigenvalue weighted by Gasteiger charge is -2.26. The number of ether oxygens (including phenoxy) is 4. The molecule has 2 N–H and O–H groups in total. The van der Waals surface area contributed by atoms with Crippen LogP contribution in [0.15, 0.2) is 81.7 Å². The third-order valence-electron chi connectivity index (χ3n) is 6.49. The van der Waals surface area contributed by atoms with Crippen LogP contribution < -0.4 is 24.4 Å². The molecule has 11 heteroatoms. The van der Waals surface area contributed by atoms with Gasteiger partial charge in [0.05, 0.1) is 28.9 Å². The largest absolute Gasteiger partial charge is 0.486 e. The van der Waals surface area contributed by atoms with Crippen LogP contribution in [0.4, 0.5) is 5.69 Å². The van der Waals surface area contributed by atoms with E-state index in [-0.39, 0.29) is 10.9 Å². The second-order valence-corrected chi connectivity index (χ2v) is 10.6. The summed E-state index contributed by atoms with van der Waals surface area (Å²) in [6.45, 7) is 2.59. The van der Waals surface area contributed by atoms with E-state index in [2.05, 4.69) is 4.99 Å². The second kappa shape index (κ2) is 9.99. The Morgan fingerprint density at radius 3 is 2.39 bits per heavy atom. The van der Waals surface area contributed by atoms with Crippen LogP contribution in [0.1, 0.15) is 23.6 Å². The fraction of sp³-hybridized carbons (Fsp3) is 0.259. The van der Waals surface area contributed by atoms with Crippen molar-refractivity contribution in [3.05, 3.63) is 77.9 Å². The van der Waals surface area contributed by atoms with Gasteiger partial charge in [0, 0.05) is 6.42 Å². The van der Waals surface area contributed by atoms with Crippen LogP contribution in [-0.4, -0.2) is 53.0 Å². The molecule has 0 saturated heterocycles. The molecule has 38 heavy (non-hydrogen) atoms. The Hall–Kier alpha value is -4.09. The Kier molecular flexibility index (Phi) is 6.38. The second-order valence-electron chi connectivity index (χ2n) is 8.99. The SMILES string of the molecule is NS(=O)(=O)c1ccc(N2N=C(c3ccc(OCC4=NCCO4)cc3)CC2c2ccc3c(c2)OCCO3)cc1. The van der Waals surface area contributed by atoms with Gasteiger partial charge in [-0.15, -0.1) is 0 Å². The fourth-order valence-electron chi connectivity index (χ4n) is 4.59. The lowest BCUT2D eigenvalue weighted by molar-refractivity contribution is 0.171. The first-order valence-corrected chi connectivity index (χ1v) is 13.8. The van der Waals surface area contributed by atoms with Crippen molar-refractivity contribution >= 4 is 27.3 Å². The van der Waals surface area contributed by atoms with Crippen molar-refractivity contribution in [1.29, 1.82) is 0 Å². The molecule has 0 radical (unpaired) electrons. The van der Waals surface area contributed by atoms with Gasteiger partial charge in [0.2, 0.25) is 15.9 Å². The number of nitrogens with zero attached hydrogens (tertiary/aromatic N) is 3. The van der Waals surface area contributed by atoms with E-state index < -0.39 is 10.0 Å². The summed E-state index contributed by atoms with van der Waals surface area (Å²) in [6, 6.07) is 19.9. The molecule has 0 fully saturated rings. The van der Waals surface area contributed by atoms with E-state index in [1.54, 1.807) is 12.1 Å². The highest BCUT2D eigenvalue weighted by atomic mass is 32.2. The number of anilines is 1. The maximum Gasteiger partial charge on any atom is 0.238 e. The summed E-state index contributed by atoms with van der Waals surface area (Å²) in [5, 5.41) is 12.1. The van der Waals surface area contributed by atoms with Gasteiger partial charge in [-0.2, -0.15) is 5.10 Å². The first kappa shape index (κ1) is 24.3. The quantitative estimate of drug-likeness (QED) is 0.493. The maximum atomic E-state index is 11.8. The van der Waals surface area contributed by atoms with Crippen LogP contribution in [0.25, 0.3) is 0 Å². The zero-order valence-electron chi connectivity index (χ0n) is 20.4. The number of benzene rings is 3. The number of hydrogen-bond donors (Lipinski definition) is 1. The summed E-state index contributed by atoms with van der Waals surface area (Å²) in [7, 11) is -3.80. The highest BCUT2D eigenvalue weighted by Crippen LogP contribution is 2.40. The topological polar surface area (TPSA) is 125 Å². The highest BCUT2D eigenvalue weighted by Gasteiger charge is 2.31. The van der Waals surface area contributed by atoms with Crippen molar-refractivity contribution in [2.75, 3.05) is 38.0 Å². The number of primary sulfonamides is 1. The van der Waals surface area contributed by atoms with Crippen molar-refractivity contribution in [1.82, 2.24) is 0 Å². The standard InChI is InChI=1S/C27H26N4O6S/c28-38(32,33)22-8-4-20(5-9-22)31-24(19-3-10-25-26(15-19)35-14-13-34-25)16-23(30-31)18-1-6-21(7-2-18)37-17-27-29-11-12-36-27/h1-10,15,24H,11-14,16-17H2,(H2,28,32,33). The van der Waals surface area contributed by atoms with Crippen LogP contribution >= 0.6 is 0 Å². The van der Waals surface area contributed by atoms with Gasteiger partial charge >= 0.3 is 0 Å². The molecular weight excluding hydrogens is 508 g/mol. The Morgan fingerprint density at radius 1 is 0.921 bits per heavy atom. The van der Waals surface area contributed by atoms with Gasteiger partial charge in [-0.1, -0.05) is 6.07 Å². The van der Waals surface area contributed by atoms with Crippen LogP contribution in [0, 0.1) is 0 Å². The lowest BCUT2D eigenvalue weighted by Crippen LogP contribution is -2.20. The van der Waals surface area contributed by atoms with Gasteiger partial charge in [-0.3, -0.25) is 5.01 Å². The number of fused-ring (bicyclic) bond motifs is 1. The molecule has 196 valence electrons. The Bertz CT molecular complexity index is 1500. The summed E-state index contributed by atoms with van der Waals surface area (Å²) < 4.78 is 46.2. The van der Waals surface area contributed by atoms with Crippen molar-refractivity contribution in [3.63, 3.8) is 0 Å². The minimum atomic E-state index is -3.80. The van der Waals surface area contributed by atoms with Crippen LogP contribution in [-0.2, 0) is 14.8 Å². The van der Waals surface area contributed by atoms with E-state index in [0.29, 0.717) is 62.5 Å². The van der Waals surface area contributed by atoms with Gasteiger partial charge < -0.3 is 18.9 Å². The summed E-state index contributed by atoms with van der Waals surface area (Å²) in [4.78, 5) is 4.29. The lowest BCUT2D eigenvalue weighted by atomic mass is 9.97. The number of sulfonamides is 1. The van der Waals surface area contributed by atoms with Gasteiger partial charge in [-0.05, 0) is 71.8 Å². The summed E-state index contributed by atoms with van der Waals surface area (Å²) >= 11 is 0. The minimum absolute atomic E-state index is 0.0464. The van der Waals surface area contributed by atoms with Gasteiger partial charge in [0.15, 0.2) is 18.1 Å². The van der Waals surface area contributed by atoms with Crippen molar-refractivity contribution < 1.29 is 27.4 Å². The molecule has 0 bridgehead atoms. The van der Waals surface area contributed by atoms with Crippen LogP contribution in [0.3, 0.4) is 0 Å². The first-order chi connectivity index (χ1) is 18.4. The van der Waals surface area contributed by atoms with Crippen molar-refractivity contribution in [2.24, 2.45) is 15.2 Å². The van der Waals surface area contributed by atoms with Gasteiger partial charge in [0.25, 0.3) is 0 Å². The van der Waals surface area contributed by atoms with E-state index >= 15 is 0 Å². The highest BCUT2D eigenvalue weighted by molar-refractivity contribution is 7.89. The molecular formula is C27H26N4O6S. The van der Waals surface area contributed by atoms with E-state index in [4.69, 9.17) is 29.2 Å². The predicted molar refractivity (Wildman–Crippen MR) is 142 cm³/mol. The first-order valence-electron chi connectivity index (χ1n) is 12.2. The molecule has 3 aliphatic heterocycles. The monoisotopic (exact) mass is 534 g/mol. The molecule has 0 aliphatic carbocycles. The molecule has 0 spiro atoms. The van der Waals surface area contributed by atoms with E-state index in [9.17, 15) is 8.42 Å². The Morgan fingerprint density at radius 2 is 1.68 bits per heavy atom. The van der Waals surface area contributed by atoms with E-state index in [1.807, 2.05) is 47.5 Å². The van der Waals surface area contributed by atoms with E-state index in [1.165, 1.54) is 12.1 Å². The molecule has 0 saturated carbocycles. The normalized spacial score (nSPS) is 18.6. The zero-order valence-corrected chi connectivity index (χ0v) is 21.3. The summed E-state index contributed by atoms with van der Waals surface area (Å²) in [5.41, 5.74) is 3.58. The van der Waals surface area contributed by atoms with Gasteiger partial charge in [-0.25, -0.2) is 18.5 Å². The molecule has 3 heterocycles. The average Bonchev–Trinajstić information content (AvgIpc) is 3.62. The number of hydrazone groups is 1. The van der Waals surface area contributed by atoms with Crippen LogP contribution in [0.5, 0.6) is 17.2 Å². The molecule has 3 aromatic rings. The molecule has 10 nitrogen and oxygen atoms in total. The predicted octanol–water partition coefficient (Wildman–Crippen LogP) is 3.27. The van der Waals surface area contributed by atoms with Gasteiger partial charge in [0.1, 0.15) is 25.6 Å². The molecule has 6 rings (SSSR count). The van der Waals surface area contributed by atoms with Crippen molar-refractivity contribution in [3.8, 4) is 17.2 Å². The number of nitrogens with two attached hydrogens (primary N) is 1. The fourth-order valence-corrected chi connectivity index (χ4v) is 5.11. The molecule has 0 aromatic heterocycles. The minimum Gasteiger partial charge on any atom is -0.486 e. The maximum absolute atomic E-state index is 11.8. The summed E-state index contributed by atoms with van der Waals surface area (Å²) in [6.07, 6.45) is 0.626. The Balaban J connectivity index is 1.29.